The van der Waals surface area contributed by atoms with Crippen LogP contribution < -0.4 is 22.1 Å². The fraction of sp³-hybridized carbons (Fsp3) is 0.276. The van der Waals surface area contributed by atoms with E-state index >= 15 is 0 Å². The number of rotatable bonds is 13. The summed E-state index contributed by atoms with van der Waals surface area (Å²) >= 11 is 0. The van der Waals surface area contributed by atoms with Gasteiger partial charge in [-0.05, 0) is 23.6 Å². The van der Waals surface area contributed by atoms with E-state index in [2.05, 4.69) is 10.6 Å². The molecule has 2 amide bonds. The average Bonchev–Trinajstić information content (AvgIpc) is 2.94. The highest BCUT2D eigenvalue weighted by Gasteiger charge is 2.33. The summed E-state index contributed by atoms with van der Waals surface area (Å²) in [5, 5.41) is 5.31. The Morgan fingerprint density at radius 1 is 0.737 bits per heavy atom. The quantitative estimate of drug-likeness (QED) is 0.254. The van der Waals surface area contributed by atoms with E-state index < -0.39 is 42.1 Å². The molecular weight excluding hydrogens is 484 g/mol. The molecule has 0 bridgehead atoms. The molecular formula is C29H34N4O5. The Hall–Kier alpha value is -4.05. The number of amides is 2. The van der Waals surface area contributed by atoms with Crippen LogP contribution in [0.25, 0.3) is 0 Å². The van der Waals surface area contributed by atoms with Crippen molar-refractivity contribution in [3.05, 3.63) is 108 Å². The van der Waals surface area contributed by atoms with Gasteiger partial charge in [-0.15, -0.1) is 0 Å². The Balaban J connectivity index is 1.71. The van der Waals surface area contributed by atoms with Gasteiger partial charge in [0.1, 0.15) is 24.9 Å². The highest BCUT2D eigenvalue weighted by atomic mass is 16.5. The highest BCUT2D eigenvalue weighted by Crippen LogP contribution is 2.10. The molecule has 9 heteroatoms. The second-order valence-corrected chi connectivity index (χ2v) is 8.86. The zero-order valence-corrected chi connectivity index (χ0v) is 21.3. The van der Waals surface area contributed by atoms with E-state index in [0.717, 1.165) is 16.7 Å². The summed E-state index contributed by atoms with van der Waals surface area (Å²) in [6.45, 7) is 1.92. The standard InChI is InChI=1S/C29H34N4O5/c1-20(37-18-22-13-7-3-8-14-22)25(26(34)27(30)31)33-28(35)24(17-21-11-5-2-6-12-21)32-29(36)38-19-23-15-9-4-10-16-23/h2-16,20,24-25,27H,17-19,30-31H2,1H3,(H,32,36)(H,33,35)/t20?,24-,25-/m0/s1. The van der Waals surface area contributed by atoms with Crippen LogP contribution in [0.4, 0.5) is 4.79 Å². The Bertz CT molecular complexity index is 1160. The number of carbonyl (C=O) groups excluding carboxylic acids is 3. The molecule has 0 heterocycles. The number of ketones is 1. The highest BCUT2D eigenvalue weighted by molar-refractivity contribution is 5.94. The van der Waals surface area contributed by atoms with Crippen molar-refractivity contribution in [2.45, 2.75) is 50.9 Å². The molecule has 38 heavy (non-hydrogen) atoms. The third-order valence-electron chi connectivity index (χ3n) is 5.86. The van der Waals surface area contributed by atoms with Crippen molar-refractivity contribution in [3.63, 3.8) is 0 Å². The van der Waals surface area contributed by atoms with Crippen LogP contribution in [0, 0.1) is 0 Å². The lowest BCUT2D eigenvalue weighted by Gasteiger charge is -2.28. The van der Waals surface area contributed by atoms with Gasteiger partial charge in [0.05, 0.1) is 12.7 Å². The van der Waals surface area contributed by atoms with Crippen LogP contribution in [0.2, 0.25) is 0 Å². The van der Waals surface area contributed by atoms with E-state index in [0.29, 0.717) is 0 Å². The van der Waals surface area contributed by atoms with Gasteiger partial charge in [-0.2, -0.15) is 0 Å². The van der Waals surface area contributed by atoms with E-state index in [1.54, 1.807) is 6.92 Å². The van der Waals surface area contributed by atoms with E-state index in [4.69, 9.17) is 20.9 Å². The SMILES string of the molecule is CC(OCc1ccccc1)[C@H](NC(=O)[C@H](Cc1ccccc1)NC(=O)OCc1ccccc1)C(=O)C(N)N. The van der Waals surface area contributed by atoms with Crippen LogP contribution in [0.3, 0.4) is 0 Å². The smallest absolute Gasteiger partial charge is 0.408 e. The average molecular weight is 519 g/mol. The number of Topliss-reactive ketones (excluding diaryl/α,β-unsaturated/α-hetero) is 1. The largest absolute Gasteiger partial charge is 0.445 e. The maximum atomic E-state index is 13.4. The summed E-state index contributed by atoms with van der Waals surface area (Å²) in [4.78, 5) is 38.8. The summed E-state index contributed by atoms with van der Waals surface area (Å²) < 4.78 is 11.2. The normalized spacial score (nSPS) is 13.3. The maximum Gasteiger partial charge on any atom is 0.408 e. The van der Waals surface area contributed by atoms with Crippen LogP contribution >= 0.6 is 0 Å². The minimum atomic E-state index is -1.32. The van der Waals surface area contributed by atoms with Crippen molar-refractivity contribution in [2.24, 2.45) is 11.5 Å². The van der Waals surface area contributed by atoms with Gasteiger partial charge < -0.3 is 31.6 Å². The predicted octanol–water partition coefficient (Wildman–Crippen LogP) is 2.43. The van der Waals surface area contributed by atoms with Gasteiger partial charge in [0, 0.05) is 6.42 Å². The number of carbonyl (C=O) groups is 3. The third kappa shape index (κ3) is 9.11. The minimum Gasteiger partial charge on any atom is -0.445 e. The van der Waals surface area contributed by atoms with Crippen LogP contribution in [-0.2, 0) is 38.7 Å². The monoisotopic (exact) mass is 518 g/mol. The zero-order valence-electron chi connectivity index (χ0n) is 21.3. The first-order valence-corrected chi connectivity index (χ1v) is 12.4. The first-order valence-electron chi connectivity index (χ1n) is 12.4. The van der Waals surface area contributed by atoms with E-state index in [-0.39, 0.29) is 19.6 Å². The van der Waals surface area contributed by atoms with Crippen LogP contribution in [-0.4, -0.2) is 42.1 Å². The number of nitrogens with two attached hydrogens (primary N) is 2. The second kappa shape index (κ2) is 14.6. The van der Waals surface area contributed by atoms with Crippen molar-refractivity contribution < 1.29 is 23.9 Å². The van der Waals surface area contributed by atoms with Gasteiger partial charge >= 0.3 is 6.09 Å². The van der Waals surface area contributed by atoms with Crippen LogP contribution in [0.15, 0.2) is 91.0 Å². The molecule has 3 rings (SSSR count). The number of nitrogens with one attached hydrogen (secondary N) is 2. The molecule has 3 aromatic rings. The molecule has 0 saturated carbocycles. The number of ether oxygens (including phenoxy) is 2. The van der Waals surface area contributed by atoms with Crippen LogP contribution in [0.1, 0.15) is 23.6 Å². The lowest BCUT2D eigenvalue weighted by atomic mass is 10.0. The van der Waals surface area contributed by atoms with Gasteiger partial charge in [0.15, 0.2) is 5.78 Å². The summed E-state index contributed by atoms with van der Waals surface area (Å²) in [6.07, 6.45) is -2.66. The minimum absolute atomic E-state index is 0.0415. The molecule has 0 aliphatic rings. The van der Waals surface area contributed by atoms with Crippen molar-refractivity contribution in [3.8, 4) is 0 Å². The molecule has 0 aliphatic heterocycles. The third-order valence-corrected chi connectivity index (χ3v) is 5.86. The summed E-state index contributed by atoms with van der Waals surface area (Å²) in [5.41, 5.74) is 13.8. The molecule has 0 spiro atoms. The molecule has 6 N–H and O–H groups in total. The van der Waals surface area contributed by atoms with Crippen molar-refractivity contribution >= 4 is 17.8 Å². The lowest BCUT2D eigenvalue weighted by molar-refractivity contribution is -0.133. The fourth-order valence-electron chi connectivity index (χ4n) is 3.75. The van der Waals surface area contributed by atoms with Gasteiger partial charge in [-0.25, -0.2) is 4.79 Å². The second-order valence-electron chi connectivity index (χ2n) is 8.86. The molecule has 0 fully saturated rings. The molecule has 0 radical (unpaired) electrons. The Morgan fingerprint density at radius 2 is 1.24 bits per heavy atom. The van der Waals surface area contributed by atoms with E-state index in [9.17, 15) is 14.4 Å². The molecule has 1 unspecified atom stereocenters. The zero-order chi connectivity index (χ0) is 27.3. The number of hydrogen-bond donors (Lipinski definition) is 4. The van der Waals surface area contributed by atoms with Gasteiger partial charge in [-0.1, -0.05) is 91.0 Å². The molecule has 3 atom stereocenters. The molecule has 0 saturated heterocycles. The van der Waals surface area contributed by atoms with Crippen molar-refractivity contribution in [1.29, 1.82) is 0 Å². The first-order chi connectivity index (χ1) is 18.3. The van der Waals surface area contributed by atoms with Crippen LogP contribution in [0.5, 0.6) is 0 Å². The molecule has 3 aromatic carbocycles. The Kier molecular flexibility index (Phi) is 11.0. The molecule has 9 nitrogen and oxygen atoms in total. The predicted molar refractivity (Wildman–Crippen MR) is 143 cm³/mol. The Labute approximate surface area is 222 Å². The first kappa shape index (κ1) is 28.5. The maximum absolute atomic E-state index is 13.4. The topological polar surface area (TPSA) is 146 Å². The van der Waals surface area contributed by atoms with E-state index in [1.165, 1.54) is 0 Å². The summed E-state index contributed by atoms with van der Waals surface area (Å²) in [7, 11) is 0. The summed E-state index contributed by atoms with van der Waals surface area (Å²) in [6, 6.07) is 25.6. The molecule has 0 aliphatic carbocycles. The van der Waals surface area contributed by atoms with Gasteiger partial charge in [-0.3, -0.25) is 9.59 Å². The number of hydrogen-bond acceptors (Lipinski definition) is 7. The summed E-state index contributed by atoms with van der Waals surface area (Å²) in [5.74, 6) is -1.19. The number of benzene rings is 3. The van der Waals surface area contributed by atoms with Crippen molar-refractivity contribution in [2.75, 3.05) is 0 Å². The van der Waals surface area contributed by atoms with Gasteiger partial charge in [0.25, 0.3) is 0 Å². The van der Waals surface area contributed by atoms with E-state index in [1.807, 2.05) is 91.0 Å². The molecule has 0 aromatic heterocycles. The lowest BCUT2D eigenvalue weighted by Crippen LogP contribution is -2.60. The molecule has 200 valence electrons. The Morgan fingerprint density at radius 3 is 1.76 bits per heavy atom. The number of alkyl carbamates (subject to hydrolysis) is 1. The van der Waals surface area contributed by atoms with Gasteiger partial charge in [0.2, 0.25) is 5.91 Å². The van der Waals surface area contributed by atoms with Crippen molar-refractivity contribution in [1.82, 2.24) is 10.6 Å². The fourth-order valence-corrected chi connectivity index (χ4v) is 3.75.